The number of nitrogens with zero attached hydrogens (tertiary/aromatic N) is 3. The first-order valence-electron chi connectivity index (χ1n) is 8.18. The normalized spacial score (nSPS) is 16.1. The van der Waals surface area contributed by atoms with E-state index in [2.05, 4.69) is 15.6 Å². The fourth-order valence-corrected chi connectivity index (χ4v) is 3.29. The largest absolute Gasteiger partial charge is 0.476 e. The van der Waals surface area contributed by atoms with Crippen molar-refractivity contribution in [3.8, 4) is 0 Å². The molecule has 1 aliphatic heterocycles. The zero-order chi connectivity index (χ0) is 22.8. The van der Waals surface area contributed by atoms with Gasteiger partial charge >= 0.3 is 5.97 Å². The summed E-state index contributed by atoms with van der Waals surface area (Å²) in [6, 6.07) is 9.54. The van der Waals surface area contributed by atoms with E-state index in [1.165, 1.54) is 24.3 Å². The SMILES string of the molecule is O=C(O)C1=NN(c2ccc(S(=O)(=O)O)cc2)OC/C1=N\Nc1ccc(S(=O)(=O)O)cc1. The number of benzene rings is 2. The van der Waals surface area contributed by atoms with Crippen molar-refractivity contribution in [3.63, 3.8) is 0 Å². The van der Waals surface area contributed by atoms with Gasteiger partial charge in [-0.25, -0.2) is 9.63 Å². The molecule has 164 valence electrons. The second kappa shape index (κ2) is 8.40. The molecule has 0 spiro atoms. The lowest BCUT2D eigenvalue weighted by atomic mass is 10.2. The first-order chi connectivity index (χ1) is 14.4. The third-order valence-electron chi connectivity index (χ3n) is 3.82. The van der Waals surface area contributed by atoms with Crippen molar-refractivity contribution in [2.45, 2.75) is 9.79 Å². The van der Waals surface area contributed by atoms with Crippen molar-refractivity contribution in [2.75, 3.05) is 17.2 Å². The highest BCUT2D eigenvalue weighted by Gasteiger charge is 2.26. The zero-order valence-electron chi connectivity index (χ0n) is 15.3. The van der Waals surface area contributed by atoms with Crippen LogP contribution in [-0.2, 0) is 29.9 Å². The monoisotopic (exact) mass is 470 g/mol. The van der Waals surface area contributed by atoms with E-state index < -0.39 is 31.9 Å². The van der Waals surface area contributed by atoms with E-state index in [9.17, 15) is 26.7 Å². The Bertz CT molecular complexity index is 1270. The second-order valence-electron chi connectivity index (χ2n) is 5.94. The number of anilines is 2. The molecule has 15 heteroatoms. The molecule has 0 unspecified atom stereocenters. The Hall–Kier alpha value is -3.37. The summed E-state index contributed by atoms with van der Waals surface area (Å²) in [6.07, 6.45) is 0. The number of aliphatic carboxylic acids is 1. The minimum absolute atomic E-state index is 0.0860. The Labute approximate surface area is 175 Å². The number of carboxylic acids is 1. The lowest BCUT2D eigenvalue weighted by molar-refractivity contribution is -0.129. The number of hydrogen-bond donors (Lipinski definition) is 4. The van der Waals surface area contributed by atoms with E-state index in [-0.39, 0.29) is 27.8 Å². The molecule has 0 aliphatic carbocycles. The van der Waals surface area contributed by atoms with E-state index in [0.717, 1.165) is 29.4 Å². The molecular weight excluding hydrogens is 456 g/mol. The zero-order valence-corrected chi connectivity index (χ0v) is 16.9. The summed E-state index contributed by atoms with van der Waals surface area (Å²) < 4.78 is 62.3. The van der Waals surface area contributed by atoms with E-state index in [4.69, 9.17) is 13.9 Å². The summed E-state index contributed by atoms with van der Waals surface area (Å²) in [4.78, 5) is 16.2. The highest BCUT2D eigenvalue weighted by molar-refractivity contribution is 7.86. The number of hydrazone groups is 2. The summed E-state index contributed by atoms with van der Waals surface area (Å²) in [5.41, 5.74) is 2.47. The molecule has 2 aromatic rings. The predicted octanol–water partition coefficient (Wildman–Crippen LogP) is 0.840. The van der Waals surface area contributed by atoms with E-state index in [1.807, 2.05) is 0 Å². The van der Waals surface area contributed by atoms with E-state index in [0.29, 0.717) is 5.69 Å². The third kappa shape index (κ3) is 5.41. The molecule has 1 heterocycles. The van der Waals surface area contributed by atoms with Gasteiger partial charge in [-0.2, -0.15) is 21.9 Å². The van der Waals surface area contributed by atoms with Gasteiger partial charge < -0.3 is 5.11 Å². The molecular formula is C16H14N4O9S2. The van der Waals surface area contributed by atoms with Crippen LogP contribution in [0.3, 0.4) is 0 Å². The standard InChI is InChI=1S/C16H14N4O9S2/c21-16(22)15-14(18-17-10-1-5-12(6-2-10)30(23,24)25)9-29-20(19-15)11-3-7-13(8-4-11)31(26,27)28/h1-8,17H,9H2,(H,21,22)(H,23,24,25)(H,26,27,28)/b18-14+. The van der Waals surface area contributed by atoms with Crippen LogP contribution in [0.5, 0.6) is 0 Å². The number of carbonyl (C=O) groups is 1. The van der Waals surface area contributed by atoms with Gasteiger partial charge in [0.1, 0.15) is 12.3 Å². The molecule has 0 saturated heterocycles. The molecule has 0 radical (unpaired) electrons. The van der Waals surface area contributed by atoms with Gasteiger partial charge in [0.05, 0.1) is 21.2 Å². The van der Waals surface area contributed by atoms with Crippen molar-refractivity contribution >= 4 is 49.0 Å². The smallest absolute Gasteiger partial charge is 0.358 e. The Morgan fingerprint density at radius 3 is 1.97 bits per heavy atom. The average Bonchev–Trinajstić information content (AvgIpc) is 2.71. The highest BCUT2D eigenvalue weighted by atomic mass is 32.2. The van der Waals surface area contributed by atoms with Crippen LogP contribution in [0.2, 0.25) is 0 Å². The fourth-order valence-electron chi connectivity index (χ4n) is 2.33. The van der Waals surface area contributed by atoms with Crippen molar-refractivity contribution in [1.29, 1.82) is 0 Å². The molecule has 1 aliphatic rings. The van der Waals surface area contributed by atoms with Crippen LogP contribution in [0.4, 0.5) is 11.4 Å². The molecule has 0 aromatic heterocycles. The van der Waals surface area contributed by atoms with Gasteiger partial charge in [0.15, 0.2) is 5.71 Å². The molecule has 0 saturated carbocycles. The fraction of sp³-hybridized carbons (Fsp3) is 0.0625. The Balaban J connectivity index is 1.81. The van der Waals surface area contributed by atoms with Crippen LogP contribution in [0.25, 0.3) is 0 Å². The summed E-state index contributed by atoms with van der Waals surface area (Å²) >= 11 is 0. The van der Waals surface area contributed by atoms with Gasteiger partial charge in [-0.05, 0) is 48.5 Å². The first kappa shape index (κ1) is 22.3. The van der Waals surface area contributed by atoms with E-state index in [1.54, 1.807) is 0 Å². The van der Waals surface area contributed by atoms with Gasteiger partial charge in [-0.15, -0.1) is 10.3 Å². The van der Waals surface area contributed by atoms with Crippen LogP contribution >= 0.6 is 0 Å². The number of rotatable bonds is 6. The van der Waals surface area contributed by atoms with Crippen LogP contribution < -0.4 is 10.6 Å². The maximum absolute atomic E-state index is 11.6. The Kier molecular flexibility index (Phi) is 6.05. The molecule has 4 N–H and O–H groups in total. The Morgan fingerprint density at radius 1 is 0.968 bits per heavy atom. The predicted molar refractivity (Wildman–Crippen MR) is 107 cm³/mol. The lowest BCUT2D eigenvalue weighted by Crippen LogP contribution is -2.39. The van der Waals surface area contributed by atoms with Gasteiger partial charge in [0.2, 0.25) is 0 Å². The van der Waals surface area contributed by atoms with Crippen molar-refractivity contribution in [2.24, 2.45) is 10.2 Å². The lowest BCUT2D eigenvalue weighted by Gasteiger charge is -2.24. The number of nitrogens with one attached hydrogen (secondary N) is 1. The van der Waals surface area contributed by atoms with Crippen molar-refractivity contribution in [3.05, 3.63) is 48.5 Å². The molecule has 0 bridgehead atoms. The molecule has 0 atom stereocenters. The first-order valence-corrected chi connectivity index (χ1v) is 11.1. The molecule has 13 nitrogen and oxygen atoms in total. The minimum Gasteiger partial charge on any atom is -0.476 e. The number of carboxylic acid groups (broad SMARTS) is 1. The molecule has 2 aromatic carbocycles. The second-order valence-corrected chi connectivity index (χ2v) is 8.78. The van der Waals surface area contributed by atoms with E-state index >= 15 is 0 Å². The highest BCUT2D eigenvalue weighted by Crippen LogP contribution is 2.21. The molecule has 0 amide bonds. The van der Waals surface area contributed by atoms with Crippen LogP contribution in [0, 0.1) is 0 Å². The maximum Gasteiger partial charge on any atom is 0.358 e. The topological polar surface area (TPSA) is 195 Å². The molecule has 3 rings (SSSR count). The maximum atomic E-state index is 11.6. The van der Waals surface area contributed by atoms with Crippen molar-refractivity contribution < 1.29 is 40.7 Å². The number of hydrogen-bond acceptors (Lipinski definition) is 10. The molecule has 31 heavy (non-hydrogen) atoms. The van der Waals surface area contributed by atoms with Crippen LogP contribution in [-0.4, -0.2) is 55.0 Å². The van der Waals surface area contributed by atoms with Crippen LogP contribution in [0.1, 0.15) is 0 Å². The molecule has 0 fully saturated rings. The van der Waals surface area contributed by atoms with Crippen LogP contribution in [0.15, 0.2) is 68.5 Å². The Morgan fingerprint density at radius 2 is 1.48 bits per heavy atom. The summed E-state index contributed by atoms with van der Waals surface area (Å²) in [5, 5.41) is 18.0. The van der Waals surface area contributed by atoms with Gasteiger partial charge in [-0.3, -0.25) is 14.5 Å². The average molecular weight is 470 g/mol. The van der Waals surface area contributed by atoms with Gasteiger partial charge in [0, 0.05) is 0 Å². The van der Waals surface area contributed by atoms with Crippen molar-refractivity contribution in [1.82, 2.24) is 0 Å². The summed E-state index contributed by atoms with van der Waals surface area (Å²) in [6.45, 7) is -0.318. The minimum atomic E-state index is -4.39. The van der Waals surface area contributed by atoms with Gasteiger partial charge in [-0.1, -0.05) is 0 Å². The summed E-state index contributed by atoms with van der Waals surface area (Å²) in [5.74, 6) is -1.41. The van der Waals surface area contributed by atoms with Gasteiger partial charge in [0.25, 0.3) is 20.2 Å². The summed E-state index contributed by atoms with van der Waals surface area (Å²) in [7, 11) is -8.74. The quantitative estimate of drug-likeness (QED) is 0.345. The third-order valence-corrected chi connectivity index (χ3v) is 5.55.